The first kappa shape index (κ1) is 16.2. The van der Waals surface area contributed by atoms with Gasteiger partial charge in [-0.3, -0.25) is 4.79 Å². The molecular formula is C18H20O4. The number of rotatable bonds is 8. The molecule has 0 saturated carbocycles. The number of carbonyl (C=O) groups excluding carboxylic acids is 1. The van der Waals surface area contributed by atoms with Crippen molar-refractivity contribution in [2.24, 2.45) is 0 Å². The number of hydrogen-bond donors (Lipinski definition) is 0. The van der Waals surface area contributed by atoms with Gasteiger partial charge in [-0.2, -0.15) is 0 Å². The SMILES string of the molecule is COCCc1cc(OCOC)ccc1C(=O)c1ccccc1. The molecule has 0 unspecified atom stereocenters. The summed E-state index contributed by atoms with van der Waals surface area (Å²) in [6.45, 7) is 0.721. The Morgan fingerprint density at radius 1 is 1.00 bits per heavy atom. The van der Waals surface area contributed by atoms with Crippen LogP contribution >= 0.6 is 0 Å². The van der Waals surface area contributed by atoms with E-state index in [0.717, 1.165) is 5.56 Å². The van der Waals surface area contributed by atoms with Crippen molar-refractivity contribution in [1.82, 2.24) is 0 Å². The van der Waals surface area contributed by atoms with Crippen molar-refractivity contribution in [2.75, 3.05) is 27.6 Å². The van der Waals surface area contributed by atoms with Gasteiger partial charge in [-0.1, -0.05) is 30.3 Å². The van der Waals surface area contributed by atoms with Gasteiger partial charge in [0.15, 0.2) is 12.6 Å². The molecule has 2 aromatic carbocycles. The van der Waals surface area contributed by atoms with E-state index in [1.807, 2.05) is 36.4 Å². The lowest BCUT2D eigenvalue weighted by Crippen LogP contribution is -2.08. The Morgan fingerprint density at radius 2 is 1.77 bits per heavy atom. The van der Waals surface area contributed by atoms with E-state index in [9.17, 15) is 4.79 Å². The van der Waals surface area contributed by atoms with Crippen LogP contribution in [0.5, 0.6) is 5.75 Å². The molecule has 4 nitrogen and oxygen atoms in total. The monoisotopic (exact) mass is 300 g/mol. The number of hydrogen-bond acceptors (Lipinski definition) is 4. The van der Waals surface area contributed by atoms with Gasteiger partial charge in [-0.15, -0.1) is 0 Å². The molecular weight excluding hydrogens is 280 g/mol. The molecule has 0 N–H and O–H groups in total. The molecule has 0 spiro atoms. The third kappa shape index (κ3) is 4.16. The zero-order valence-electron chi connectivity index (χ0n) is 12.9. The second-order valence-electron chi connectivity index (χ2n) is 4.81. The molecule has 0 aliphatic carbocycles. The Kier molecular flexibility index (Phi) is 6.13. The van der Waals surface area contributed by atoms with Crippen molar-refractivity contribution in [3.63, 3.8) is 0 Å². The highest BCUT2D eigenvalue weighted by molar-refractivity contribution is 6.10. The van der Waals surface area contributed by atoms with Crippen molar-refractivity contribution >= 4 is 5.78 Å². The van der Waals surface area contributed by atoms with E-state index in [1.165, 1.54) is 0 Å². The van der Waals surface area contributed by atoms with Gasteiger partial charge in [0.05, 0.1) is 6.61 Å². The molecule has 0 atom stereocenters. The van der Waals surface area contributed by atoms with Crippen LogP contribution in [0.4, 0.5) is 0 Å². The smallest absolute Gasteiger partial charge is 0.193 e. The fourth-order valence-electron chi connectivity index (χ4n) is 2.17. The van der Waals surface area contributed by atoms with Crippen molar-refractivity contribution in [2.45, 2.75) is 6.42 Å². The first-order valence-corrected chi connectivity index (χ1v) is 7.09. The minimum Gasteiger partial charge on any atom is -0.468 e. The number of ether oxygens (including phenoxy) is 3. The van der Waals surface area contributed by atoms with Crippen LogP contribution in [-0.4, -0.2) is 33.4 Å². The summed E-state index contributed by atoms with van der Waals surface area (Å²) in [5.74, 6) is 0.683. The highest BCUT2D eigenvalue weighted by atomic mass is 16.7. The molecule has 0 bridgehead atoms. The lowest BCUT2D eigenvalue weighted by Gasteiger charge is -2.12. The Labute approximate surface area is 130 Å². The maximum absolute atomic E-state index is 12.6. The molecule has 0 heterocycles. The molecule has 116 valence electrons. The van der Waals surface area contributed by atoms with E-state index in [2.05, 4.69) is 0 Å². The van der Waals surface area contributed by atoms with Crippen LogP contribution in [0.25, 0.3) is 0 Å². The average Bonchev–Trinajstić information content (AvgIpc) is 2.58. The molecule has 2 aromatic rings. The van der Waals surface area contributed by atoms with Crippen LogP contribution in [0.2, 0.25) is 0 Å². The summed E-state index contributed by atoms with van der Waals surface area (Å²) in [6, 6.07) is 14.7. The van der Waals surface area contributed by atoms with Crippen LogP contribution in [-0.2, 0) is 15.9 Å². The number of benzene rings is 2. The highest BCUT2D eigenvalue weighted by Gasteiger charge is 2.14. The van der Waals surface area contributed by atoms with Gasteiger partial charge < -0.3 is 14.2 Å². The summed E-state index contributed by atoms with van der Waals surface area (Å²) in [4.78, 5) is 12.6. The summed E-state index contributed by atoms with van der Waals surface area (Å²) in [7, 11) is 3.21. The van der Waals surface area contributed by atoms with Gasteiger partial charge >= 0.3 is 0 Å². The van der Waals surface area contributed by atoms with E-state index >= 15 is 0 Å². The standard InChI is InChI=1S/C18H20O4/c1-20-11-10-15-12-16(22-13-21-2)8-9-17(15)18(19)14-6-4-3-5-7-14/h3-9,12H,10-11,13H2,1-2H3. The molecule has 0 saturated heterocycles. The Balaban J connectivity index is 2.30. The maximum Gasteiger partial charge on any atom is 0.193 e. The van der Waals surface area contributed by atoms with Crippen LogP contribution in [0.1, 0.15) is 21.5 Å². The second-order valence-corrected chi connectivity index (χ2v) is 4.81. The van der Waals surface area contributed by atoms with Crippen LogP contribution in [0.15, 0.2) is 48.5 Å². The summed E-state index contributed by atoms with van der Waals surface area (Å²) in [6.07, 6.45) is 0.647. The van der Waals surface area contributed by atoms with Crippen molar-refractivity contribution in [3.05, 3.63) is 65.2 Å². The first-order valence-electron chi connectivity index (χ1n) is 7.09. The van der Waals surface area contributed by atoms with Gasteiger partial charge in [-0.25, -0.2) is 0 Å². The van der Waals surface area contributed by atoms with Crippen molar-refractivity contribution < 1.29 is 19.0 Å². The van der Waals surface area contributed by atoms with E-state index in [-0.39, 0.29) is 12.6 Å². The molecule has 22 heavy (non-hydrogen) atoms. The van der Waals surface area contributed by atoms with Crippen LogP contribution in [0.3, 0.4) is 0 Å². The van der Waals surface area contributed by atoms with Crippen molar-refractivity contribution in [1.29, 1.82) is 0 Å². The molecule has 2 rings (SSSR count). The Bertz CT molecular complexity index is 608. The summed E-state index contributed by atoms with van der Waals surface area (Å²) >= 11 is 0. The number of methoxy groups -OCH3 is 2. The molecule has 0 amide bonds. The van der Waals surface area contributed by atoms with Gasteiger partial charge in [0.2, 0.25) is 0 Å². The molecule has 0 aromatic heterocycles. The minimum atomic E-state index is 0.00462. The van der Waals surface area contributed by atoms with Gasteiger partial charge in [0.25, 0.3) is 0 Å². The fraction of sp³-hybridized carbons (Fsp3) is 0.278. The van der Waals surface area contributed by atoms with E-state index in [0.29, 0.717) is 29.9 Å². The molecule has 4 heteroatoms. The first-order chi connectivity index (χ1) is 10.8. The lowest BCUT2D eigenvalue weighted by molar-refractivity contribution is 0.0510. The van der Waals surface area contributed by atoms with Gasteiger partial charge in [0.1, 0.15) is 5.75 Å². The lowest BCUT2D eigenvalue weighted by atomic mass is 9.96. The van der Waals surface area contributed by atoms with Crippen molar-refractivity contribution in [3.8, 4) is 5.75 Å². The predicted molar refractivity (Wildman–Crippen MR) is 84.4 cm³/mol. The summed E-state index contributed by atoms with van der Waals surface area (Å²) in [5.41, 5.74) is 2.25. The van der Waals surface area contributed by atoms with E-state index in [1.54, 1.807) is 26.4 Å². The average molecular weight is 300 g/mol. The van der Waals surface area contributed by atoms with Gasteiger partial charge in [-0.05, 0) is 30.2 Å². The van der Waals surface area contributed by atoms with E-state index in [4.69, 9.17) is 14.2 Å². The normalized spacial score (nSPS) is 10.5. The third-order valence-corrected chi connectivity index (χ3v) is 3.28. The van der Waals surface area contributed by atoms with Crippen LogP contribution in [0, 0.1) is 0 Å². The molecule has 0 radical (unpaired) electrons. The zero-order chi connectivity index (χ0) is 15.8. The summed E-state index contributed by atoms with van der Waals surface area (Å²) < 4.78 is 15.5. The molecule has 0 fully saturated rings. The molecule has 0 aliphatic rings. The third-order valence-electron chi connectivity index (χ3n) is 3.28. The second kappa shape index (κ2) is 8.32. The largest absolute Gasteiger partial charge is 0.468 e. The van der Waals surface area contributed by atoms with E-state index < -0.39 is 0 Å². The zero-order valence-corrected chi connectivity index (χ0v) is 12.9. The topological polar surface area (TPSA) is 44.8 Å². The highest BCUT2D eigenvalue weighted by Crippen LogP contribution is 2.21. The fourth-order valence-corrected chi connectivity index (χ4v) is 2.17. The minimum absolute atomic E-state index is 0.00462. The summed E-state index contributed by atoms with van der Waals surface area (Å²) in [5, 5.41) is 0. The quantitative estimate of drug-likeness (QED) is 0.555. The Hall–Kier alpha value is -2.17. The Morgan fingerprint density at radius 3 is 2.45 bits per heavy atom. The van der Waals surface area contributed by atoms with Gasteiger partial charge in [0, 0.05) is 25.3 Å². The predicted octanol–water partition coefficient (Wildman–Crippen LogP) is 3.09. The maximum atomic E-state index is 12.6. The molecule has 0 aliphatic heterocycles. The number of ketones is 1. The van der Waals surface area contributed by atoms with Crippen LogP contribution < -0.4 is 4.74 Å². The number of carbonyl (C=O) groups is 1.